The summed E-state index contributed by atoms with van der Waals surface area (Å²) in [6.45, 7) is 9.42. The van der Waals surface area contributed by atoms with Gasteiger partial charge in [0.2, 0.25) is 5.91 Å². The van der Waals surface area contributed by atoms with Gasteiger partial charge >= 0.3 is 0 Å². The molecule has 0 spiro atoms. The lowest BCUT2D eigenvalue weighted by molar-refractivity contribution is -0.119. The molecule has 1 fully saturated rings. The van der Waals surface area contributed by atoms with Gasteiger partial charge in [-0.05, 0) is 29.5 Å². The van der Waals surface area contributed by atoms with E-state index in [1.165, 1.54) is 12.5 Å². The second-order valence-corrected chi connectivity index (χ2v) is 9.01. The number of anilines is 2. The van der Waals surface area contributed by atoms with Gasteiger partial charge in [-0.25, -0.2) is 4.98 Å². The first-order chi connectivity index (χ1) is 14.7. The molecule has 0 unspecified atom stereocenters. The highest BCUT2D eigenvalue weighted by atomic mass is 16.2. The average molecular weight is 421 g/mol. The number of amides is 2. The van der Waals surface area contributed by atoms with E-state index < -0.39 is 0 Å². The molecule has 0 radical (unpaired) electrons. The maximum atomic E-state index is 12.8. The Morgan fingerprint density at radius 1 is 1.13 bits per heavy atom. The standard InChI is InChI=1S/C23H28N6O2/c1-15(30)25-18-10-12-28(14-18)21-13-19(26-20-9-11-24-29(20)21)27-22(31)16-5-7-17(8-6-16)23(2,3)4/h5-9,11,13,18H,10,12,14H2,1-4H3,(H,25,30)(H,26,27,31)/t18-/m1/s1. The molecule has 0 bridgehead atoms. The number of hydrogen-bond acceptors (Lipinski definition) is 5. The van der Waals surface area contributed by atoms with E-state index in [0.29, 0.717) is 23.6 Å². The number of carbonyl (C=O) groups is 2. The summed E-state index contributed by atoms with van der Waals surface area (Å²) in [7, 11) is 0. The lowest BCUT2D eigenvalue weighted by atomic mass is 9.87. The molecule has 8 heteroatoms. The van der Waals surface area contributed by atoms with Crippen LogP contribution in [0.4, 0.5) is 11.6 Å². The molecule has 1 aromatic carbocycles. The van der Waals surface area contributed by atoms with E-state index in [1.807, 2.05) is 30.3 Å². The summed E-state index contributed by atoms with van der Waals surface area (Å²) in [5.41, 5.74) is 2.44. The monoisotopic (exact) mass is 420 g/mol. The fourth-order valence-corrected chi connectivity index (χ4v) is 3.87. The van der Waals surface area contributed by atoms with Gasteiger partial charge in [-0.1, -0.05) is 32.9 Å². The molecule has 2 aromatic heterocycles. The Balaban J connectivity index is 1.56. The summed E-state index contributed by atoms with van der Waals surface area (Å²) in [4.78, 5) is 30.9. The van der Waals surface area contributed by atoms with Crippen LogP contribution < -0.4 is 15.5 Å². The molecule has 162 valence electrons. The van der Waals surface area contributed by atoms with Crippen molar-refractivity contribution >= 4 is 29.1 Å². The van der Waals surface area contributed by atoms with Gasteiger partial charge in [0.15, 0.2) is 5.65 Å². The van der Waals surface area contributed by atoms with E-state index in [9.17, 15) is 9.59 Å². The van der Waals surface area contributed by atoms with Crippen LogP contribution in [0.2, 0.25) is 0 Å². The summed E-state index contributed by atoms with van der Waals surface area (Å²) in [6.07, 6.45) is 2.54. The summed E-state index contributed by atoms with van der Waals surface area (Å²) < 4.78 is 1.75. The molecule has 1 aliphatic heterocycles. The van der Waals surface area contributed by atoms with Gasteiger partial charge < -0.3 is 15.5 Å². The van der Waals surface area contributed by atoms with Crippen LogP contribution in [0.15, 0.2) is 42.6 Å². The summed E-state index contributed by atoms with van der Waals surface area (Å²) in [5, 5.41) is 10.3. The molecule has 31 heavy (non-hydrogen) atoms. The number of hydrogen-bond donors (Lipinski definition) is 2. The van der Waals surface area contributed by atoms with Crippen molar-refractivity contribution in [3.63, 3.8) is 0 Å². The molecule has 8 nitrogen and oxygen atoms in total. The Kier molecular flexibility index (Phi) is 5.39. The van der Waals surface area contributed by atoms with E-state index in [0.717, 1.165) is 18.8 Å². The summed E-state index contributed by atoms with van der Waals surface area (Å²) >= 11 is 0. The molecule has 3 aromatic rings. The van der Waals surface area contributed by atoms with Crippen molar-refractivity contribution in [1.82, 2.24) is 19.9 Å². The van der Waals surface area contributed by atoms with Crippen LogP contribution in [-0.4, -0.2) is 45.5 Å². The minimum absolute atomic E-state index is 0.0311. The maximum Gasteiger partial charge on any atom is 0.256 e. The molecule has 1 saturated heterocycles. The SMILES string of the molecule is CC(=O)N[C@@H]1CCN(c2cc(NC(=O)c3ccc(C(C)(C)C)cc3)nc3ccnn23)C1. The number of carbonyl (C=O) groups excluding carboxylic acids is 2. The Morgan fingerprint density at radius 3 is 2.55 bits per heavy atom. The zero-order chi connectivity index (χ0) is 22.2. The van der Waals surface area contributed by atoms with E-state index in [4.69, 9.17) is 0 Å². The van der Waals surface area contributed by atoms with E-state index in [-0.39, 0.29) is 23.3 Å². The zero-order valence-corrected chi connectivity index (χ0v) is 18.3. The molecule has 0 saturated carbocycles. The third kappa shape index (κ3) is 4.52. The number of fused-ring (bicyclic) bond motifs is 1. The van der Waals surface area contributed by atoms with Gasteiger partial charge in [-0.15, -0.1) is 0 Å². The molecular weight excluding hydrogens is 392 g/mol. The van der Waals surface area contributed by atoms with Crippen molar-refractivity contribution in [2.45, 2.75) is 45.6 Å². The average Bonchev–Trinajstić information content (AvgIpc) is 3.35. The van der Waals surface area contributed by atoms with E-state index in [2.05, 4.69) is 46.4 Å². The third-order valence-electron chi connectivity index (χ3n) is 5.51. The molecule has 1 atom stereocenters. The Labute approximate surface area is 181 Å². The van der Waals surface area contributed by atoms with Crippen molar-refractivity contribution in [3.8, 4) is 0 Å². The fourth-order valence-electron chi connectivity index (χ4n) is 3.87. The minimum Gasteiger partial charge on any atom is -0.354 e. The van der Waals surface area contributed by atoms with Crippen LogP contribution >= 0.6 is 0 Å². The van der Waals surface area contributed by atoms with Crippen molar-refractivity contribution in [3.05, 3.63) is 53.7 Å². The van der Waals surface area contributed by atoms with Crippen LogP contribution in [0, 0.1) is 0 Å². The first-order valence-electron chi connectivity index (χ1n) is 10.5. The number of benzene rings is 1. The van der Waals surface area contributed by atoms with Crippen LogP contribution in [0.1, 0.15) is 50.0 Å². The van der Waals surface area contributed by atoms with Crippen LogP contribution in [0.25, 0.3) is 5.65 Å². The molecule has 2 amide bonds. The van der Waals surface area contributed by atoms with Crippen molar-refractivity contribution in [1.29, 1.82) is 0 Å². The fraction of sp³-hybridized carbons (Fsp3) is 0.391. The number of aromatic nitrogens is 3. The Bertz CT molecular complexity index is 1110. The first-order valence-corrected chi connectivity index (χ1v) is 10.5. The van der Waals surface area contributed by atoms with Gasteiger partial charge in [0.1, 0.15) is 11.6 Å². The predicted octanol–water partition coefficient (Wildman–Crippen LogP) is 2.99. The second kappa shape index (κ2) is 8.02. The number of nitrogens with zero attached hydrogens (tertiary/aromatic N) is 4. The number of rotatable bonds is 4. The molecular formula is C23H28N6O2. The normalized spacial score (nSPS) is 16.5. The van der Waals surface area contributed by atoms with Gasteiger partial charge in [0, 0.05) is 43.8 Å². The first kappa shape index (κ1) is 20.8. The van der Waals surface area contributed by atoms with Crippen molar-refractivity contribution < 1.29 is 9.59 Å². The largest absolute Gasteiger partial charge is 0.354 e. The predicted molar refractivity (Wildman–Crippen MR) is 121 cm³/mol. The van der Waals surface area contributed by atoms with Crippen LogP contribution in [0.5, 0.6) is 0 Å². The summed E-state index contributed by atoms with van der Waals surface area (Å²) in [6, 6.07) is 11.4. The van der Waals surface area contributed by atoms with E-state index in [1.54, 1.807) is 16.8 Å². The quantitative estimate of drug-likeness (QED) is 0.677. The van der Waals surface area contributed by atoms with E-state index >= 15 is 0 Å². The lowest BCUT2D eigenvalue weighted by Crippen LogP contribution is -2.36. The Morgan fingerprint density at radius 2 is 1.87 bits per heavy atom. The number of nitrogens with one attached hydrogen (secondary N) is 2. The molecule has 4 rings (SSSR count). The summed E-state index contributed by atoms with van der Waals surface area (Å²) in [5.74, 6) is 1.06. The smallest absolute Gasteiger partial charge is 0.256 e. The Hall–Kier alpha value is -3.42. The molecule has 1 aliphatic rings. The zero-order valence-electron chi connectivity index (χ0n) is 18.3. The van der Waals surface area contributed by atoms with Crippen LogP contribution in [0.3, 0.4) is 0 Å². The van der Waals surface area contributed by atoms with Gasteiger partial charge in [-0.3, -0.25) is 9.59 Å². The van der Waals surface area contributed by atoms with Crippen LogP contribution in [-0.2, 0) is 10.2 Å². The van der Waals surface area contributed by atoms with Gasteiger partial charge in [0.25, 0.3) is 5.91 Å². The second-order valence-electron chi connectivity index (χ2n) is 9.01. The molecule has 0 aliphatic carbocycles. The topological polar surface area (TPSA) is 91.6 Å². The van der Waals surface area contributed by atoms with Gasteiger partial charge in [0.05, 0.1) is 6.20 Å². The molecule has 3 heterocycles. The molecule has 2 N–H and O–H groups in total. The van der Waals surface area contributed by atoms with Crippen molar-refractivity contribution in [2.75, 3.05) is 23.3 Å². The minimum atomic E-state index is -0.208. The highest BCUT2D eigenvalue weighted by Crippen LogP contribution is 2.25. The van der Waals surface area contributed by atoms with Crippen molar-refractivity contribution in [2.24, 2.45) is 0 Å². The van der Waals surface area contributed by atoms with Gasteiger partial charge in [-0.2, -0.15) is 9.61 Å². The highest BCUT2D eigenvalue weighted by Gasteiger charge is 2.26. The maximum absolute atomic E-state index is 12.8. The third-order valence-corrected chi connectivity index (χ3v) is 5.51. The lowest BCUT2D eigenvalue weighted by Gasteiger charge is -2.20. The highest BCUT2D eigenvalue weighted by molar-refractivity contribution is 6.04.